The Morgan fingerprint density at radius 2 is 1.25 bits per heavy atom. The Bertz CT molecular complexity index is 2130. The van der Waals surface area contributed by atoms with Crippen molar-refractivity contribution in [3.05, 3.63) is 11.6 Å². The molecule has 4 saturated carbocycles. The molecule has 4 heterocycles. The molecule has 0 aromatic rings. The van der Waals surface area contributed by atoms with Gasteiger partial charge in [-0.1, -0.05) is 46.3 Å². The summed E-state index contributed by atoms with van der Waals surface area (Å²) in [6.45, 7) is 11.8. The summed E-state index contributed by atoms with van der Waals surface area (Å²) in [5.74, 6) is -1.91. The number of rotatable bonds is 11. The first-order chi connectivity index (χ1) is 35.6. The third-order valence-electron chi connectivity index (χ3n) is 21.4. The molecule has 8 fully saturated rings. The van der Waals surface area contributed by atoms with Gasteiger partial charge in [0, 0.05) is 5.92 Å². The monoisotopic (exact) mass is 1090 g/mol. The Morgan fingerprint density at radius 1 is 0.645 bits per heavy atom. The van der Waals surface area contributed by atoms with Crippen LogP contribution in [0.15, 0.2) is 11.6 Å². The van der Waals surface area contributed by atoms with E-state index in [4.69, 9.17) is 37.9 Å². The minimum absolute atomic E-state index is 0.00750. The first kappa shape index (κ1) is 58.7. The van der Waals surface area contributed by atoms with Crippen molar-refractivity contribution in [2.24, 2.45) is 50.7 Å². The molecule has 23 heteroatoms. The van der Waals surface area contributed by atoms with Crippen LogP contribution in [0, 0.1) is 50.7 Å². The summed E-state index contributed by atoms with van der Waals surface area (Å²) in [5.41, 5.74) is -4.32. The highest BCUT2D eigenvalue weighted by atomic mass is 16.8. The Morgan fingerprint density at radius 3 is 1.91 bits per heavy atom. The maximum atomic E-state index is 14.8. The molecule has 13 N–H and O–H groups in total. The van der Waals surface area contributed by atoms with E-state index in [0.29, 0.717) is 57.8 Å². The fraction of sp³-hybridized carbons (Fsp3) is 0.925. The minimum Gasteiger partial charge on any atom is -0.432 e. The molecular formula is C53H84O23. The molecule has 4 saturated heterocycles. The van der Waals surface area contributed by atoms with Crippen LogP contribution in [0.1, 0.15) is 106 Å². The second kappa shape index (κ2) is 21.1. The van der Waals surface area contributed by atoms with Crippen molar-refractivity contribution in [3.8, 4) is 0 Å². The molecule has 4 aliphatic heterocycles. The van der Waals surface area contributed by atoms with E-state index in [9.17, 15) is 76.0 Å². The minimum atomic E-state index is -1.88. The quantitative estimate of drug-likeness (QED) is 0.0451. The Labute approximate surface area is 442 Å². The summed E-state index contributed by atoms with van der Waals surface area (Å²) >= 11 is 0. The number of aliphatic hydroxyl groups is 13. The zero-order chi connectivity index (χ0) is 55.6. The van der Waals surface area contributed by atoms with Gasteiger partial charge in [0.1, 0.15) is 91.7 Å². The molecule has 9 rings (SSSR count). The van der Waals surface area contributed by atoms with Crippen LogP contribution in [-0.2, 0) is 47.5 Å². The second-order valence-corrected chi connectivity index (χ2v) is 25.1. The SMILES string of the molecule is C[C@@H]1O[C@@H](O[C@H]2[C@H](O[C@H]3[C@H](O[C@H]4CC[C@]5(C)[C@H]6CC=C7[C@@H]8[C@](C(=O)O[C@@H]9O[C@H](CO)[C@@H](O)[C@H](O)[C@H]9O)(CC[C@@H](C)[C@@]8(C)O)CC[C@@]7(C)[C@]6(C)CC[C@H]5[C@@]4(C)C=O)OC[C@@H](O)[C@@H]3O)O[C@H](CO)[C@@H](O)[C@@H]2O)[C@H](O)[C@H](O)[C@H]1O. The summed E-state index contributed by atoms with van der Waals surface area (Å²) < 4.78 is 48.0. The molecule has 30 atom stereocenters. The number of aliphatic hydroxyl groups excluding tert-OH is 12. The van der Waals surface area contributed by atoms with E-state index in [1.54, 1.807) is 6.92 Å². The van der Waals surface area contributed by atoms with E-state index < -0.39 is 187 Å². The van der Waals surface area contributed by atoms with E-state index in [1.807, 2.05) is 13.8 Å². The van der Waals surface area contributed by atoms with Crippen molar-refractivity contribution in [2.75, 3.05) is 19.8 Å². The Hall–Kier alpha value is -1.92. The highest BCUT2D eigenvalue weighted by Gasteiger charge is 2.73. The van der Waals surface area contributed by atoms with Gasteiger partial charge in [-0.25, -0.2) is 0 Å². The highest BCUT2D eigenvalue weighted by molar-refractivity contribution is 5.79. The second-order valence-electron chi connectivity index (χ2n) is 25.1. The summed E-state index contributed by atoms with van der Waals surface area (Å²) in [5, 5.41) is 141. The first-order valence-corrected chi connectivity index (χ1v) is 27.3. The molecule has 9 aliphatic rings. The van der Waals surface area contributed by atoms with E-state index >= 15 is 0 Å². The van der Waals surface area contributed by atoms with Gasteiger partial charge in [-0.2, -0.15) is 0 Å². The lowest BCUT2D eigenvalue weighted by atomic mass is 9.33. The Kier molecular flexibility index (Phi) is 16.3. The summed E-state index contributed by atoms with van der Waals surface area (Å²) in [4.78, 5) is 28.7. The number of esters is 1. The lowest BCUT2D eigenvalue weighted by Gasteiger charge is -2.71. The third kappa shape index (κ3) is 9.01. The number of ether oxygens (including phenoxy) is 8. The van der Waals surface area contributed by atoms with Crippen LogP contribution in [-0.4, -0.2) is 227 Å². The van der Waals surface area contributed by atoms with Crippen molar-refractivity contribution in [2.45, 2.75) is 235 Å². The number of fused-ring (bicyclic) bond motifs is 7. The lowest BCUT2D eigenvalue weighted by Crippen LogP contribution is -2.69. The summed E-state index contributed by atoms with van der Waals surface area (Å²) in [7, 11) is 0. The van der Waals surface area contributed by atoms with E-state index in [-0.39, 0.29) is 17.8 Å². The number of carbonyl (C=O) groups is 2. The van der Waals surface area contributed by atoms with Crippen LogP contribution in [0.4, 0.5) is 0 Å². The van der Waals surface area contributed by atoms with Gasteiger partial charge < -0.3 is 109 Å². The van der Waals surface area contributed by atoms with Crippen LogP contribution in [0.2, 0.25) is 0 Å². The van der Waals surface area contributed by atoms with Gasteiger partial charge in [0.25, 0.3) is 0 Å². The van der Waals surface area contributed by atoms with Crippen LogP contribution in [0.25, 0.3) is 0 Å². The van der Waals surface area contributed by atoms with Crippen LogP contribution >= 0.6 is 0 Å². The molecule has 0 spiro atoms. The fourth-order valence-electron chi connectivity index (χ4n) is 16.2. The molecule has 76 heavy (non-hydrogen) atoms. The molecule has 0 aromatic heterocycles. The molecular weight excluding hydrogens is 1000 g/mol. The number of carbonyl (C=O) groups excluding carboxylic acids is 2. The largest absolute Gasteiger partial charge is 0.432 e. The third-order valence-corrected chi connectivity index (χ3v) is 21.4. The van der Waals surface area contributed by atoms with Gasteiger partial charge in [-0.05, 0) is 106 Å². The highest BCUT2D eigenvalue weighted by Crippen LogP contribution is 2.76. The summed E-state index contributed by atoms with van der Waals surface area (Å²) in [6, 6.07) is 0. The first-order valence-electron chi connectivity index (χ1n) is 27.3. The smallest absolute Gasteiger partial charge is 0.315 e. The number of hydrogen-bond donors (Lipinski definition) is 13. The zero-order valence-electron chi connectivity index (χ0n) is 44.4. The average molecular weight is 1090 g/mol. The van der Waals surface area contributed by atoms with Gasteiger partial charge in [0.15, 0.2) is 18.9 Å². The van der Waals surface area contributed by atoms with Crippen LogP contribution in [0.5, 0.6) is 0 Å². The average Bonchev–Trinajstić information content (AvgIpc) is 3.57. The van der Waals surface area contributed by atoms with Gasteiger partial charge in [-0.3, -0.25) is 4.79 Å². The molecule has 0 aromatic carbocycles. The van der Waals surface area contributed by atoms with E-state index in [1.165, 1.54) is 6.92 Å². The predicted molar refractivity (Wildman–Crippen MR) is 257 cm³/mol. The fourth-order valence-corrected chi connectivity index (χ4v) is 16.2. The van der Waals surface area contributed by atoms with E-state index in [0.717, 1.165) is 11.9 Å². The Balaban J connectivity index is 0.972. The number of allylic oxidation sites excluding steroid dienone is 1. The molecule has 23 nitrogen and oxygen atoms in total. The normalized spacial score (nSPS) is 56.4. The molecule has 434 valence electrons. The zero-order valence-corrected chi connectivity index (χ0v) is 44.4. The van der Waals surface area contributed by atoms with Gasteiger partial charge in [0.2, 0.25) is 6.29 Å². The van der Waals surface area contributed by atoms with E-state index in [2.05, 4.69) is 26.8 Å². The lowest BCUT2D eigenvalue weighted by molar-refractivity contribution is -0.391. The topological polar surface area (TPSA) is 371 Å². The van der Waals surface area contributed by atoms with Gasteiger partial charge in [0.05, 0.1) is 48.5 Å². The van der Waals surface area contributed by atoms with Crippen molar-refractivity contribution in [3.63, 3.8) is 0 Å². The predicted octanol–water partition coefficient (Wildman–Crippen LogP) is -2.22. The van der Waals surface area contributed by atoms with Gasteiger partial charge in [-0.15, -0.1) is 0 Å². The maximum Gasteiger partial charge on any atom is 0.315 e. The standard InChI is InChI=1S/C53H84O23/c1-22-10-15-53(47(67)76-44-39(66)36(63)33(60)26(18-54)71-44)17-16-50(5)24(42(53)52(22,7)68)8-9-29-48(3)13-12-30(49(4,21-56)28(48)11-14-51(29,50)6)73-45-40(32(59)25(57)20-69-45)75-46-41(37(64)34(61)27(19-55)72-46)74-43-38(65)35(62)31(58)23(2)70-43/h8,21-23,25-46,54-55,57-66,68H,9-20H2,1-7H3/t22-,23+,25-,26-,27-,28-,29-,30+,31+,32+,33-,34-,35-,36+,37+,38-,39-,40-,41-,42+,43+,44+,45+,46+,48+,49-,50-,51-,52-,53+/m1/s1. The molecule has 0 amide bonds. The van der Waals surface area contributed by atoms with Crippen molar-refractivity contribution in [1.82, 2.24) is 0 Å². The maximum absolute atomic E-state index is 14.8. The van der Waals surface area contributed by atoms with Crippen molar-refractivity contribution >= 4 is 12.3 Å². The molecule has 5 aliphatic carbocycles. The van der Waals surface area contributed by atoms with Crippen molar-refractivity contribution in [1.29, 1.82) is 0 Å². The number of hydrogen-bond acceptors (Lipinski definition) is 23. The number of aldehydes is 1. The summed E-state index contributed by atoms with van der Waals surface area (Å²) in [6.07, 6.45) is -24.3. The molecule has 0 unspecified atom stereocenters. The van der Waals surface area contributed by atoms with Crippen molar-refractivity contribution < 1.29 is 114 Å². The molecule has 0 bridgehead atoms. The van der Waals surface area contributed by atoms with Crippen LogP contribution in [0.3, 0.4) is 0 Å². The molecule has 0 radical (unpaired) electrons. The van der Waals surface area contributed by atoms with Gasteiger partial charge >= 0.3 is 5.97 Å². The van der Waals surface area contributed by atoms with Crippen LogP contribution < -0.4 is 0 Å².